The van der Waals surface area contributed by atoms with E-state index in [0.717, 1.165) is 35.3 Å². The molecule has 0 aliphatic carbocycles. The number of methoxy groups -OCH3 is 2. The molecule has 1 aromatic heterocycles. The van der Waals surface area contributed by atoms with Gasteiger partial charge in [-0.05, 0) is 48.7 Å². The van der Waals surface area contributed by atoms with Crippen molar-refractivity contribution in [3.63, 3.8) is 0 Å². The molecule has 29 heavy (non-hydrogen) atoms. The second-order valence-corrected chi connectivity index (χ2v) is 7.31. The molecule has 1 aliphatic heterocycles. The fraction of sp³-hybridized carbons (Fsp3) is 0.273. The van der Waals surface area contributed by atoms with Gasteiger partial charge < -0.3 is 19.4 Å². The van der Waals surface area contributed by atoms with Crippen molar-refractivity contribution in [2.45, 2.75) is 18.9 Å². The second-order valence-electron chi connectivity index (χ2n) is 6.90. The van der Waals surface area contributed by atoms with Crippen LogP contribution in [0.1, 0.15) is 30.3 Å². The van der Waals surface area contributed by atoms with Crippen LogP contribution in [0.5, 0.6) is 11.5 Å². The molecule has 7 heteroatoms. The number of nitrogens with zero attached hydrogens (tertiary/aromatic N) is 2. The first-order chi connectivity index (χ1) is 14.1. The topological polar surface area (TPSA) is 67.5 Å². The number of hydrogen-bond donors (Lipinski definition) is 1. The van der Waals surface area contributed by atoms with Crippen molar-refractivity contribution in [1.29, 1.82) is 0 Å². The van der Waals surface area contributed by atoms with Crippen LogP contribution in [-0.4, -0.2) is 41.5 Å². The predicted octanol–water partition coefficient (Wildman–Crippen LogP) is 4.61. The molecule has 2 aromatic carbocycles. The molecular weight excluding hydrogens is 390 g/mol. The van der Waals surface area contributed by atoms with Crippen molar-refractivity contribution in [2.75, 3.05) is 20.8 Å². The second kappa shape index (κ2) is 8.17. The summed E-state index contributed by atoms with van der Waals surface area (Å²) in [6, 6.07) is 11.4. The van der Waals surface area contributed by atoms with Crippen LogP contribution in [0.3, 0.4) is 0 Å². The number of nitrogens with one attached hydrogen (secondary N) is 1. The van der Waals surface area contributed by atoms with E-state index in [4.69, 9.17) is 21.1 Å². The molecule has 1 N–H and O–H groups in total. The number of halogens is 1. The zero-order valence-corrected chi connectivity index (χ0v) is 17.1. The van der Waals surface area contributed by atoms with Crippen LogP contribution in [0.25, 0.3) is 17.1 Å². The molecule has 0 bridgehead atoms. The molecule has 150 valence electrons. The van der Waals surface area contributed by atoms with Gasteiger partial charge in [-0.1, -0.05) is 23.7 Å². The molecule has 1 saturated heterocycles. The van der Waals surface area contributed by atoms with E-state index in [1.54, 1.807) is 31.4 Å². The summed E-state index contributed by atoms with van der Waals surface area (Å²) < 4.78 is 10.6. The van der Waals surface area contributed by atoms with Crippen LogP contribution in [-0.2, 0) is 4.79 Å². The van der Waals surface area contributed by atoms with Gasteiger partial charge in [0.05, 0.1) is 36.3 Å². The van der Waals surface area contributed by atoms with Gasteiger partial charge in [0, 0.05) is 12.6 Å². The zero-order chi connectivity index (χ0) is 20.4. The monoisotopic (exact) mass is 411 g/mol. The van der Waals surface area contributed by atoms with Gasteiger partial charge in [-0.15, -0.1) is 0 Å². The van der Waals surface area contributed by atoms with Gasteiger partial charge in [0.2, 0.25) is 5.91 Å². The van der Waals surface area contributed by atoms with Crippen LogP contribution >= 0.6 is 11.6 Å². The summed E-state index contributed by atoms with van der Waals surface area (Å²) in [5.74, 6) is 1.77. The first-order valence-electron chi connectivity index (χ1n) is 9.45. The number of aromatic nitrogens is 2. The molecule has 0 spiro atoms. The minimum Gasteiger partial charge on any atom is -0.493 e. The zero-order valence-electron chi connectivity index (χ0n) is 16.3. The summed E-state index contributed by atoms with van der Waals surface area (Å²) in [4.78, 5) is 22.8. The molecule has 6 nitrogen and oxygen atoms in total. The lowest BCUT2D eigenvalue weighted by atomic mass is 10.1. The number of carbonyl (C=O) groups is 1. The fourth-order valence-corrected chi connectivity index (χ4v) is 4.04. The first-order valence-corrected chi connectivity index (χ1v) is 9.83. The number of amides is 1. The standard InChI is InChI=1S/C22H22ClN3O3/c1-28-19-13-14(12-15(23)21(19)29-2)9-10-20(27)26-11-5-8-18(26)22-24-16-6-3-4-7-17(16)25-22/h3-4,6-7,9-10,12-13,18H,5,8,11H2,1-2H3,(H,24,25). The molecule has 1 atom stereocenters. The number of H-pyrrole nitrogens is 1. The molecule has 1 fully saturated rings. The summed E-state index contributed by atoms with van der Waals surface area (Å²) in [5.41, 5.74) is 2.66. The van der Waals surface area contributed by atoms with Crippen LogP contribution in [0.15, 0.2) is 42.5 Å². The lowest BCUT2D eigenvalue weighted by molar-refractivity contribution is -0.126. The summed E-state index contributed by atoms with van der Waals surface area (Å²) in [7, 11) is 3.09. The maximum Gasteiger partial charge on any atom is 0.247 e. The van der Waals surface area contributed by atoms with E-state index < -0.39 is 0 Å². The van der Waals surface area contributed by atoms with Gasteiger partial charge in [-0.2, -0.15) is 0 Å². The summed E-state index contributed by atoms with van der Waals surface area (Å²) >= 11 is 6.25. The lowest BCUT2D eigenvalue weighted by Crippen LogP contribution is -2.29. The Morgan fingerprint density at radius 3 is 2.86 bits per heavy atom. The fourth-order valence-electron chi connectivity index (χ4n) is 3.74. The van der Waals surface area contributed by atoms with Gasteiger partial charge in [0.15, 0.2) is 11.5 Å². The number of likely N-dealkylation sites (tertiary alicyclic amines) is 1. The Balaban J connectivity index is 1.55. The minimum atomic E-state index is -0.0566. The van der Waals surface area contributed by atoms with E-state index in [1.807, 2.05) is 29.2 Å². The number of carbonyl (C=O) groups excluding carboxylic acids is 1. The number of benzene rings is 2. The lowest BCUT2D eigenvalue weighted by Gasteiger charge is -2.21. The third kappa shape index (κ3) is 3.80. The Kier molecular flexibility index (Phi) is 5.45. The van der Waals surface area contributed by atoms with E-state index in [2.05, 4.69) is 9.97 Å². The van der Waals surface area contributed by atoms with E-state index in [0.29, 0.717) is 23.1 Å². The highest BCUT2D eigenvalue weighted by molar-refractivity contribution is 6.32. The Hall–Kier alpha value is -2.99. The van der Waals surface area contributed by atoms with Crippen LogP contribution < -0.4 is 9.47 Å². The van der Waals surface area contributed by atoms with Crippen molar-refractivity contribution < 1.29 is 14.3 Å². The predicted molar refractivity (Wildman–Crippen MR) is 113 cm³/mol. The molecule has 3 aromatic rings. The van der Waals surface area contributed by atoms with E-state index >= 15 is 0 Å². The number of imidazole rings is 1. The Bertz CT molecular complexity index is 1040. The third-order valence-corrected chi connectivity index (χ3v) is 5.41. The van der Waals surface area contributed by atoms with Crippen molar-refractivity contribution in [3.05, 3.63) is 58.9 Å². The quantitative estimate of drug-likeness (QED) is 0.622. The SMILES string of the molecule is COc1cc(C=CC(=O)N2CCCC2c2nc3ccccc3[nH]2)cc(Cl)c1OC. The van der Waals surface area contributed by atoms with E-state index in [9.17, 15) is 4.79 Å². The average Bonchev–Trinajstić information content (AvgIpc) is 3.38. The van der Waals surface area contributed by atoms with Crippen LogP contribution in [0.4, 0.5) is 0 Å². The highest BCUT2D eigenvalue weighted by Crippen LogP contribution is 2.36. The van der Waals surface area contributed by atoms with Crippen LogP contribution in [0, 0.1) is 0 Å². The molecule has 4 rings (SSSR count). The number of fused-ring (bicyclic) bond motifs is 1. The average molecular weight is 412 g/mol. The number of rotatable bonds is 5. The Labute approximate surface area is 174 Å². The smallest absolute Gasteiger partial charge is 0.247 e. The number of para-hydroxylation sites is 2. The molecule has 0 saturated carbocycles. The Morgan fingerprint density at radius 2 is 2.10 bits per heavy atom. The summed E-state index contributed by atoms with van der Waals surface area (Å²) in [6.45, 7) is 0.706. The van der Waals surface area contributed by atoms with Gasteiger partial charge in [0.25, 0.3) is 0 Å². The molecule has 2 heterocycles. The van der Waals surface area contributed by atoms with Crippen molar-refractivity contribution >= 4 is 34.6 Å². The highest BCUT2D eigenvalue weighted by atomic mass is 35.5. The minimum absolute atomic E-state index is 0.0476. The maximum absolute atomic E-state index is 12.9. The van der Waals surface area contributed by atoms with Gasteiger partial charge in [0.1, 0.15) is 5.82 Å². The largest absolute Gasteiger partial charge is 0.493 e. The van der Waals surface area contributed by atoms with Gasteiger partial charge in [-0.25, -0.2) is 4.98 Å². The normalized spacial score (nSPS) is 16.7. The molecule has 1 unspecified atom stereocenters. The highest BCUT2D eigenvalue weighted by Gasteiger charge is 2.31. The number of hydrogen-bond acceptors (Lipinski definition) is 4. The summed E-state index contributed by atoms with van der Waals surface area (Å²) in [5, 5.41) is 0.431. The van der Waals surface area contributed by atoms with Gasteiger partial charge in [-0.3, -0.25) is 4.79 Å². The Morgan fingerprint density at radius 1 is 1.28 bits per heavy atom. The molecular formula is C22H22ClN3O3. The van der Waals surface area contributed by atoms with Crippen molar-refractivity contribution in [1.82, 2.24) is 14.9 Å². The van der Waals surface area contributed by atoms with E-state index in [1.165, 1.54) is 7.11 Å². The maximum atomic E-state index is 12.9. The number of ether oxygens (including phenoxy) is 2. The van der Waals surface area contributed by atoms with E-state index in [-0.39, 0.29) is 11.9 Å². The first kappa shape index (κ1) is 19.3. The third-order valence-electron chi connectivity index (χ3n) is 5.13. The molecule has 1 aliphatic rings. The van der Waals surface area contributed by atoms with Crippen molar-refractivity contribution in [3.8, 4) is 11.5 Å². The summed E-state index contributed by atoms with van der Waals surface area (Å²) in [6.07, 6.45) is 5.15. The van der Waals surface area contributed by atoms with Gasteiger partial charge >= 0.3 is 0 Å². The molecule has 1 amide bonds. The number of aromatic amines is 1. The molecule has 0 radical (unpaired) electrons. The van der Waals surface area contributed by atoms with Crippen molar-refractivity contribution in [2.24, 2.45) is 0 Å². The van der Waals surface area contributed by atoms with Crippen LogP contribution in [0.2, 0.25) is 5.02 Å².